The van der Waals surface area contributed by atoms with Crippen LogP contribution in [0.2, 0.25) is 0 Å². The highest BCUT2D eigenvalue weighted by molar-refractivity contribution is 5.86. The van der Waals surface area contributed by atoms with Crippen LogP contribution in [-0.2, 0) is 20.7 Å². The Balaban J connectivity index is 3.02. The average Bonchev–Trinajstić information content (AvgIpc) is 2.52. The van der Waals surface area contributed by atoms with E-state index < -0.39 is 23.2 Å². The van der Waals surface area contributed by atoms with Gasteiger partial charge in [-0.05, 0) is 52.5 Å². The van der Waals surface area contributed by atoms with Crippen LogP contribution in [0, 0.1) is 0 Å². The number of esters is 1. The van der Waals surface area contributed by atoms with Crippen LogP contribution in [-0.4, -0.2) is 29.8 Å². The summed E-state index contributed by atoms with van der Waals surface area (Å²) >= 11 is 0. The quantitative estimate of drug-likeness (QED) is 0.570. The zero-order valence-corrected chi connectivity index (χ0v) is 15.6. The number of hydrogen-bond acceptors (Lipinski definition) is 4. The lowest BCUT2D eigenvalue weighted by Crippen LogP contribution is -2.56. The van der Waals surface area contributed by atoms with Crippen molar-refractivity contribution >= 4 is 12.1 Å². The molecule has 1 rings (SSSR count). The topological polar surface area (TPSA) is 64.6 Å². The third kappa shape index (κ3) is 6.99. The molecule has 1 N–H and O–H groups in total. The number of carbonyl (C=O) groups excluding carboxylic acids is 2. The third-order valence-electron chi connectivity index (χ3n) is 3.58. The lowest BCUT2D eigenvalue weighted by atomic mass is 9.88. The first-order valence-corrected chi connectivity index (χ1v) is 8.55. The molecule has 0 heterocycles. The Morgan fingerprint density at radius 1 is 1.20 bits per heavy atom. The Morgan fingerprint density at radius 2 is 1.84 bits per heavy atom. The smallest absolute Gasteiger partial charge is 0.408 e. The van der Waals surface area contributed by atoms with Gasteiger partial charge in [-0.25, -0.2) is 9.59 Å². The predicted molar refractivity (Wildman–Crippen MR) is 98.3 cm³/mol. The van der Waals surface area contributed by atoms with Crippen molar-refractivity contribution in [3.8, 4) is 0 Å². The molecular formula is C20H29NO4. The molecule has 0 saturated carbocycles. The normalized spacial score (nSPS) is 13.4. The first-order chi connectivity index (χ1) is 11.7. The molecule has 1 aromatic carbocycles. The first-order valence-electron chi connectivity index (χ1n) is 8.55. The Kier molecular flexibility index (Phi) is 7.68. The highest BCUT2D eigenvalue weighted by Gasteiger charge is 2.41. The molecule has 25 heavy (non-hydrogen) atoms. The number of nitrogens with one attached hydrogen (secondary N) is 1. The molecule has 5 nitrogen and oxygen atoms in total. The zero-order valence-electron chi connectivity index (χ0n) is 15.6. The number of aryl methyl sites for hydroxylation is 1. The van der Waals surface area contributed by atoms with E-state index in [0.29, 0.717) is 12.8 Å². The summed E-state index contributed by atoms with van der Waals surface area (Å²) in [6.07, 6.45) is 2.23. The molecule has 0 aliphatic rings. The summed E-state index contributed by atoms with van der Waals surface area (Å²) in [5, 5.41) is 2.74. The van der Waals surface area contributed by atoms with Crippen molar-refractivity contribution in [3.63, 3.8) is 0 Å². The predicted octanol–water partition coefficient (Wildman–Crippen LogP) is 4.02. The maximum Gasteiger partial charge on any atom is 0.408 e. The second kappa shape index (κ2) is 9.25. The molecule has 1 unspecified atom stereocenters. The Labute approximate surface area is 150 Å². The second-order valence-corrected chi connectivity index (χ2v) is 6.91. The molecule has 0 fully saturated rings. The number of alkyl carbamates (subject to hydrolysis) is 1. The van der Waals surface area contributed by atoms with Gasteiger partial charge in [0.25, 0.3) is 0 Å². The summed E-state index contributed by atoms with van der Waals surface area (Å²) in [4.78, 5) is 24.9. The summed E-state index contributed by atoms with van der Waals surface area (Å²) in [5.74, 6) is -0.475. The maximum atomic E-state index is 12.6. The van der Waals surface area contributed by atoms with E-state index in [-0.39, 0.29) is 13.0 Å². The van der Waals surface area contributed by atoms with Gasteiger partial charge in [0.2, 0.25) is 0 Å². The zero-order chi connectivity index (χ0) is 18.9. The van der Waals surface area contributed by atoms with E-state index in [1.165, 1.54) is 0 Å². The molecule has 1 atom stereocenters. The van der Waals surface area contributed by atoms with Crippen LogP contribution < -0.4 is 5.32 Å². The fraction of sp³-hybridized carbons (Fsp3) is 0.500. The highest BCUT2D eigenvalue weighted by Crippen LogP contribution is 2.23. The molecule has 138 valence electrons. The number of carbonyl (C=O) groups is 2. The Morgan fingerprint density at radius 3 is 2.36 bits per heavy atom. The first kappa shape index (κ1) is 20.7. The van der Waals surface area contributed by atoms with E-state index in [4.69, 9.17) is 9.47 Å². The van der Waals surface area contributed by atoms with Crippen molar-refractivity contribution in [2.24, 2.45) is 0 Å². The average molecular weight is 347 g/mol. The van der Waals surface area contributed by atoms with Gasteiger partial charge in [-0.15, -0.1) is 6.58 Å². The number of benzene rings is 1. The summed E-state index contributed by atoms with van der Waals surface area (Å²) in [6.45, 7) is 11.0. The van der Waals surface area contributed by atoms with Gasteiger partial charge in [0.1, 0.15) is 11.1 Å². The maximum absolute atomic E-state index is 12.6. The lowest BCUT2D eigenvalue weighted by molar-refractivity contribution is -0.151. The molecule has 0 bridgehead atoms. The summed E-state index contributed by atoms with van der Waals surface area (Å²) in [7, 11) is 0. The van der Waals surface area contributed by atoms with Gasteiger partial charge in [0, 0.05) is 0 Å². The molecule has 0 radical (unpaired) electrons. The monoisotopic (exact) mass is 347 g/mol. The SMILES string of the molecule is C=CCC(CCc1ccccc1)(NC(=O)OC(C)(C)C)C(=O)OCC. The minimum Gasteiger partial charge on any atom is -0.464 e. The molecule has 0 aliphatic heterocycles. The molecule has 0 aliphatic carbocycles. The largest absolute Gasteiger partial charge is 0.464 e. The standard InChI is InChI=1S/C20H29NO4/c1-6-14-20(17(22)24-7-2,21-18(23)25-19(3,4)5)15-13-16-11-9-8-10-12-16/h6,8-12H,1,7,13-15H2,2-5H3,(H,21,23). The second-order valence-electron chi connectivity index (χ2n) is 6.91. The number of amides is 1. The van der Waals surface area contributed by atoms with Gasteiger partial charge in [-0.2, -0.15) is 0 Å². The van der Waals surface area contributed by atoms with Crippen molar-refractivity contribution in [1.29, 1.82) is 0 Å². The summed E-state index contributed by atoms with van der Waals surface area (Å²) in [5.41, 5.74) is -0.778. The minimum absolute atomic E-state index is 0.235. The lowest BCUT2D eigenvalue weighted by Gasteiger charge is -2.32. The van der Waals surface area contributed by atoms with E-state index in [0.717, 1.165) is 5.56 Å². The molecule has 1 aromatic rings. The molecular weight excluding hydrogens is 318 g/mol. The summed E-state index contributed by atoms with van der Waals surface area (Å²) < 4.78 is 10.6. The van der Waals surface area contributed by atoms with Crippen molar-refractivity contribution < 1.29 is 19.1 Å². The Hall–Kier alpha value is -2.30. The molecule has 1 amide bonds. The van der Waals surface area contributed by atoms with Crippen molar-refractivity contribution in [1.82, 2.24) is 5.32 Å². The summed E-state index contributed by atoms with van der Waals surface area (Å²) in [6, 6.07) is 9.78. The van der Waals surface area contributed by atoms with Crippen LogP contribution in [0.15, 0.2) is 43.0 Å². The van der Waals surface area contributed by atoms with Gasteiger partial charge in [0.15, 0.2) is 0 Å². The van der Waals surface area contributed by atoms with Crippen molar-refractivity contribution in [2.75, 3.05) is 6.61 Å². The van der Waals surface area contributed by atoms with Crippen LogP contribution in [0.5, 0.6) is 0 Å². The molecule has 0 aromatic heterocycles. The fourth-order valence-corrected chi connectivity index (χ4v) is 2.47. The molecule has 5 heteroatoms. The molecule has 0 spiro atoms. The van der Waals surface area contributed by atoms with Gasteiger partial charge in [0.05, 0.1) is 6.61 Å². The van der Waals surface area contributed by atoms with E-state index in [9.17, 15) is 9.59 Å². The van der Waals surface area contributed by atoms with Gasteiger partial charge in [-0.1, -0.05) is 36.4 Å². The van der Waals surface area contributed by atoms with Crippen LogP contribution in [0.3, 0.4) is 0 Å². The number of hydrogen-bond donors (Lipinski definition) is 1. The van der Waals surface area contributed by atoms with Crippen LogP contribution >= 0.6 is 0 Å². The van der Waals surface area contributed by atoms with Gasteiger partial charge >= 0.3 is 12.1 Å². The van der Waals surface area contributed by atoms with Crippen LogP contribution in [0.1, 0.15) is 46.1 Å². The van der Waals surface area contributed by atoms with E-state index >= 15 is 0 Å². The Bertz CT molecular complexity index is 577. The van der Waals surface area contributed by atoms with Gasteiger partial charge in [-0.3, -0.25) is 0 Å². The fourth-order valence-electron chi connectivity index (χ4n) is 2.47. The van der Waals surface area contributed by atoms with E-state index in [1.807, 2.05) is 30.3 Å². The van der Waals surface area contributed by atoms with E-state index in [1.54, 1.807) is 33.8 Å². The third-order valence-corrected chi connectivity index (χ3v) is 3.58. The minimum atomic E-state index is -1.20. The van der Waals surface area contributed by atoms with Crippen molar-refractivity contribution in [3.05, 3.63) is 48.6 Å². The number of rotatable bonds is 8. The van der Waals surface area contributed by atoms with Crippen LogP contribution in [0.25, 0.3) is 0 Å². The number of ether oxygens (including phenoxy) is 2. The van der Waals surface area contributed by atoms with Gasteiger partial charge < -0.3 is 14.8 Å². The van der Waals surface area contributed by atoms with E-state index in [2.05, 4.69) is 11.9 Å². The highest BCUT2D eigenvalue weighted by atomic mass is 16.6. The molecule has 0 saturated heterocycles. The van der Waals surface area contributed by atoms with Crippen LogP contribution in [0.4, 0.5) is 4.79 Å². The van der Waals surface area contributed by atoms with Crippen molar-refractivity contribution in [2.45, 2.75) is 58.1 Å².